The van der Waals surface area contributed by atoms with Crippen LogP contribution in [0.1, 0.15) is 20.3 Å². The quantitative estimate of drug-likeness (QED) is 0.188. The molecule has 0 radical (unpaired) electrons. The Morgan fingerprint density at radius 1 is 1.50 bits per heavy atom. The lowest BCUT2D eigenvalue weighted by atomic mass is 10.2. The van der Waals surface area contributed by atoms with E-state index in [0.717, 1.165) is 26.1 Å². The van der Waals surface area contributed by atoms with Crippen molar-refractivity contribution in [2.24, 2.45) is 16.8 Å². The van der Waals surface area contributed by atoms with E-state index in [2.05, 4.69) is 29.6 Å². The summed E-state index contributed by atoms with van der Waals surface area (Å²) in [6, 6.07) is 0. The molecule has 0 heterocycles. The molecule has 0 aromatic heterocycles. The maximum absolute atomic E-state index is 5.30. The first kappa shape index (κ1) is 13.2. The Kier molecular flexibility index (Phi) is 8.27. The first-order chi connectivity index (χ1) is 6.70. The normalized spacial score (nSPS) is 11.9. The van der Waals surface area contributed by atoms with Crippen molar-refractivity contribution in [2.45, 2.75) is 20.3 Å². The molecule has 0 saturated heterocycles. The molecule has 0 fully saturated rings. The third-order valence-electron chi connectivity index (χ3n) is 1.57. The van der Waals surface area contributed by atoms with Gasteiger partial charge in [-0.25, -0.2) is 5.84 Å². The van der Waals surface area contributed by atoms with E-state index in [1.54, 1.807) is 7.11 Å². The minimum Gasteiger partial charge on any atom is -0.385 e. The largest absolute Gasteiger partial charge is 0.385 e. The van der Waals surface area contributed by atoms with Crippen molar-refractivity contribution in [3.63, 3.8) is 0 Å². The minimum absolute atomic E-state index is 0.541. The predicted octanol–water partition coefficient (Wildman–Crippen LogP) is 0.0878. The number of hydrogen-bond donors (Lipinski definition) is 3. The third-order valence-corrected chi connectivity index (χ3v) is 1.57. The van der Waals surface area contributed by atoms with Gasteiger partial charge in [-0.3, -0.25) is 10.4 Å². The summed E-state index contributed by atoms with van der Waals surface area (Å²) in [6.07, 6.45) is 0.943. The highest BCUT2D eigenvalue weighted by atomic mass is 16.5. The van der Waals surface area contributed by atoms with Gasteiger partial charge in [0.05, 0.1) is 0 Å². The van der Waals surface area contributed by atoms with Crippen LogP contribution >= 0.6 is 0 Å². The maximum atomic E-state index is 5.30. The van der Waals surface area contributed by atoms with Crippen LogP contribution in [0.25, 0.3) is 0 Å². The van der Waals surface area contributed by atoms with Crippen LogP contribution < -0.4 is 16.6 Å². The van der Waals surface area contributed by atoms with Crippen molar-refractivity contribution < 1.29 is 4.74 Å². The van der Waals surface area contributed by atoms with Crippen LogP contribution in [-0.4, -0.2) is 32.8 Å². The van der Waals surface area contributed by atoms with Crippen LogP contribution in [0.2, 0.25) is 0 Å². The summed E-state index contributed by atoms with van der Waals surface area (Å²) in [5, 5.41) is 3.09. The van der Waals surface area contributed by atoms with Crippen molar-refractivity contribution >= 4 is 5.96 Å². The van der Waals surface area contributed by atoms with Gasteiger partial charge >= 0.3 is 0 Å². The number of nitrogens with one attached hydrogen (secondary N) is 2. The molecule has 0 aromatic rings. The van der Waals surface area contributed by atoms with Crippen LogP contribution in [0.15, 0.2) is 4.99 Å². The second-order valence-electron chi connectivity index (χ2n) is 3.50. The van der Waals surface area contributed by atoms with Crippen LogP contribution in [0, 0.1) is 5.92 Å². The predicted molar refractivity (Wildman–Crippen MR) is 59.0 cm³/mol. The molecule has 0 aromatic carbocycles. The third kappa shape index (κ3) is 7.82. The summed E-state index contributed by atoms with van der Waals surface area (Å²) >= 11 is 0. The summed E-state index contributed by atoms with van der Waals surface area (Å²) < 4.78 is 4.92. The fourth-order valence-corrected chi connectivity index (χ4v) is 0.850. The first-order valence-electron chi connectivity index (χ1n) is 4.94. The lowest BCUT2D eigenvalue weighted by molar-refractivity contribution is 0.195. The van der Waals surface area contributed by atoms with Gasteiger partial charge in [0.1, 0.15) is 0 Å². The van der Waals surface area contributed by atoms with E-state index >= 15 is 0 Å². The summed E-state index contributed by atoms with van der Waals surface area (Å²) in [6.45, 7) is 6.56. The van der Waals surface area contributed by atoms with Gasteiger partial charge < -0.3 is 10.1 Å². The van der Waals surface area contributed by atoms with E-state index in [1.807, 2.05) is 0 Å². The Morgan fingerprint density at radius 3 is 2.71 bits per heavy atom. The molecule has 5 nitrogen and oxygen atoms in total. The van der Waals surface area contributed by atoms with Crippen molar-refractivity contribution in [3.8, 4) is 0 Å². The van der Waals surface area contributed by atoms with Gasteiger partial charge in [0.15, 0.2) is 0 Å². The molecule has 4 N–H and O–H groups in total. The molecule has 0 unspecified atom stereocenters. The van der Waals surface area contributed by atoms with Gasteiger partial charge in [-0.1, -0.05) is 13.8 Å². The summed E-state index contributed by atoms with van der Waals surface area (Å²) in [5.41, 5.74) is 2.53. The summed E-state index contributed by atoms with van der Waals surface area (Å²) in [4.78, 5) is 4.27. The first-order valence-corrected chi connectivity index (χ1v) is 4.94. The number of methoxy groups -OCH3 is 1. The SMILES string of the molecule is COCCCNC(=NCC(C)C)NN. The molecule has 0 rings (SSSR count). The topological polar surface area (TPSA) is 71.7 Å². The number of hydrogen-bond acceptors (Lipinski definition) is 3. The highest BCUT2D eigenvalue weighted by Crippen LogP contribution is 1.90. The van der Waals surface area contributed by atoms with E-state index in [1.165, 1.54) is 0 Å². The molecule has 0 spiro atoms. The standard InChI is InChI=1S/C9H22N4O/c1-8(2)7-12-9(13-10)11-5-4-6-14-3/h8H,4-7,10H2,1-3H3,(H2,11,12,13). The monoisotopic (exact) mass is 202 g/mol. The van der Waals surface area contributed by atoms with Gasteiger partial charge in [0.25, 0.3) is 0 Å². The fraction of sp³-hybridized carbons (Fsp3) is 0.889. The number of nitrogens with zero attached hydrogens (tertiary/aromatic N) is 1. The molecule has 84 valence electrons. The Morgan fingerprint density at radius 2 is 2.21 bits per heavy atom. The Balaban J connectivity index is 3.62. The average molecular weight is 202 g/mol. The Hall–Kier alpha value is -0.810. The van der Waals surface area contributed by atoms with Crippen molar-refractivity contribution in [1.82, 2.24) is 10.7 Å². The summed E-state index contributed by atoms with van der Waals surface area (Å²) in [7, 11) is 1.69. The van der Waals surface area contributed by atoms with E-state index in [0.29, 0.717) is 11.9 Å². The number of rotatable bonds is 6. The van der Waals surface area contributed by atoms with Gasteiger partial charge in [-0.05, 0) is 12.3 Å². The van der Waals surface area contributed by atoms with Crippen LogP contribution in [-0.2, 0) is 4.74 Å². The number of ether oxygens (including phenoxy) is 1. The van der Waals surface area contributed by atoms with E-state index in [-0.39, 0.29) is 0 Å². The van der Waals surface area contributed by atoms with E-state index < -0.39 is 0 Å². The zero-order valence-electron chi connectivity index (χ0n) is 9.34. The molecule has 5 heteroatoms. The van der Waals surface area contributed by atoms with Gasteiger partial charge in [-0.2, -0.15) is 0 Å². The van der Waals surface area contributed by atoms with Crippen molar-refractivity contribution in [2.75, 3.05) is 26.8 Å². The fourth-order valence-electron chi connectivity index (χ4n) is 0.850. The number of nitrogens with two attached hydrogens (primary N) is 1. The molecule has 0 atom stereocenters. The lowest BCUT2D eigenvalue weighted by Crippen LogP contribution is -2.42. The van der Waals surface area contributed by atoms with Crippen molar-refractivity contribution in [3.05, 3.63) is 0 Å². The van der Waals surface area contributed by atoms with Crippen molar-refractivity contribution in [1.29, 1.82) is 0 Å². The van der Waals surface area contributed by atoms with Gasteiger partial charge in [-0.15, -0.1) is 0 Å². The Bertz CT molecular complexity index is 159. The molecule has 0 saturated carbocycles. The van der Waals surface area contributed by atoms with E-state index in [4.69, 9.17) is 10.6 Å². The number of aliphatic imine (C=N–C) groups is 1. The zero-order valence-corrected chi connectivity index (χ0v) is 9.34. The molecule has 0 aliphatic rings. The molecule has 0 aliphatic carbocycles. The second kappa shape index (κ2) is 8.77. The lowest BCUT2D eigenvalue weighted by Gasteiger charge is -2.09. The summed E-state index contributed by atoms with van der Waals surface area (Å²) in [5.74, 6) is 6.49. The Labute approximate surface area is 86.1 Å². The maximum Gasteiger partial charge on any atom is 0.205 e. The molecule has 0 aliphatic heterocycles. The highest BCUT2D eigenvalue weighted by molar-refractivity contribution is 5.79. The minimum atomic E-state index is 0.541. The van der Waals surface area contributed by atoms with Crippen LogP contribution in [0.3, 0.4) is 0 Å². The molecule has 0 bridgehead atoms. The molecule has 0 amide bonds. The smallest absolute Gasteiger partial charge is 0.205 e. The van der Waals surface area contributed by atoms with Gasteiger partial charge in [0, 0.05) is 26.8 Å². The zero-order chi connectivity index (χ0) is 10.8. The number of hydrazine groups is 1. The highest BCUT2D eigenvalue weighted by Gasteiger charge is 1.96. The molecular weight excluding hydrogens is 180 g/mol. The number of guanidine groups is 1. The average Bonchev–Trinajstić information content (AvgIpc) is 2.16. The van der Waals surface area contributed by atoms with E-state index in [9.17, 15) is 0 Å². The van der Waals surface area contributed by atoms with Crippen LogP contribution in [0.5, 0.6) is 0 Å². The molecular formula is C9H22N4O. The van der Waals surface area contributed by atoms with Crippen LogP contribution in [0.4, 0.5) is 0 Å². The van der Waals surface area contributed by atoms with Gasteiger partial charge in [0.2, 0.25) is 5.96 Å². The second-order valence-corrected chi connectivity index (χ2v) is 3.50. The molecule has 14 heavy (non-hydrogen) atoms.